The summed E-state index contributed by atoms with van der Waals surface area (Å²) in [5, 5.41) is 4.61. The summed E-state index contributed by atoms with van der Waals surface area (Å²) >= 11 is 0. The smallest absolute Gasteiger partial charge is 0.163 e. The van der Waals surface area contributed by atoms with Gasteiger partial charge in [-0.05, 0) is 69.1 Å². The summed E-state index contributed by atoms with van der Waals surface area (Å²) in [5.74, 6) is 2.51. The minimum atomic E-state index is 0.717. The average molecular weight is 361 g/mol. The summed E-state index contributed by atoms with van der Waals surface area (Å²) in [6.07, 6.45) is 7.36. The number of fused-ring (bicyclic) bond motifs is 1. The summed E-state index contributed by atoms with van der Waals surface area (Å²) in [4.78, 5) is 16.3. The Hall–Kier alpha value is -2.53. The molecule has 0 unspecified atom stereocenters. The first-order chi connectivity index (χ1) is 13.3. The van der Waals surface area contributed by atoms with E-state index in [0.717, 1.165) is 47.7 Å². The van der Waals surface area contributed by atoms with Crippen LogP contribution in [-0.2, 0) is 0 Å². The predicted molar refractivity (Wildman–Crippen MR) is 111 cm³/mol. The fourth-order valence-electron chi connectivity index (χ4n) is 3.63. The molecule has 0 atom stereocenters. The van der Waals surface area contributed by atoms with Crippen LogP contribution >= 0.6 is 0 Å². The normalized spacial score (nSPS) is 15.9. The van der Waals surface area contributed by atoms with Crippen molar-refractivity contribution >= 4 is 16.7 Å². The van der Waals surface area contributed by atoms with Crippen molar-refractivity contribution in [3.63, 3.8) is 0 Å². The Labute approximate surface area is 160 Å². The molecule has 2 aromatic heterocycles. The molecule has 1 aliphatic heterocycles. The van der Waals surface area contributed by atoms with Crippen molar-refractivity contribution < 1.29 is 0 Å². The minimum absolute atomic E-state index is 0.717. The van der Waals surface area contributed by atoms with E-state index in [0.29, 0.717) is 5.82 Å². The monoisotopic (exact) mass is 361 g/mol. The Kier molecular flexibility index (Phi) is 5.58. The number of aromatic nitrogens is 3. The lowest BCUT2D eigenvalue weighted by atomic mass is 9.99. The van der Waals surface area contributed by atoms with Crippen LogP contribution < -0.4 is 5.32 Å². The zero-order valence-corrected chi connectivity index (χ0v) is 15.9. The number of benzene rings is 1. The molecule has 1 aliphatic rings. The van der Waals surface area contributed by atoms with Crippen molar-refractivity contribution in [2.45, 2.75) is 26.2 Å². The highest BCUT2D eigenvalue weighted by atomic mass is 15.1. The van der Waals surface area contributed by atoms with E-state index >= 15 is 0 Å². The fraction of sp³-hybridized carbons (Fsp3) is 0.409. The molecular formula is C22H27N5. The van der Waals surface area contributed by atoms with Crippen LogP contribution in [0.4, 0.5) is 5.82 Å². The van der Waals surface area contributed by atoms with E-state index in [1.165, 1.54) is 25.9 Å². The third-order valence-corrected chi connectivity index (χ3v) is 5.34. The number of piperidine rings is 1. The van der Waals surface area contributed by atoms with E-state index in [2.05, 4.69) is 28.2 Å². The van der Waals surface area contributed by atoms with Gasteiger partial charge in [0.1, 0.15) is 5.82 Å². The number of hydrogen-bond acceptors (Lipinski definition) is 5. The van der Waals surface area contributed by atoms with Crippen LogP contribution in [0.2, 0.25) is 0 Å². The Bertz CT molecular complexity index is 872. The standard InChI is InChI=1S/C22H27N5/c1-17-9-14-27(15-10-17)13-5-12-24-22-19-7-2-3-8-20(19)25-21(26-22)18-6-4-11-23-16-18/h2-4,6-8,11,16-17H,5,9-10,12-15H2,1H3,(H,24,25,26). The molecule has 5 nitrogen and oxygen atoms in total. The van der Waals surface area contributed by atoms with Gasteiger partial charge in [-0.15, -0.1) is 0 Å². The predicted octanol–water partition coefficient (Wildman–Crippen LogP) is 4.23. The summed E-state index contributed by atoms with van der Waals surface area (Å²) in [5.41, 5.74) is 1.90. The van der Waals surface area contributed by atoms with Crippen LogP contribution in [0, 0.1) is 5.92 Å². The molecule has 0 aliphatic carbocycles. The summed E-state index contributed by atoms with van der Waals surface area (Å²) < 4.78 is 0. The summed E-state index contributed by atoms with van der Waals surface area (Å²) in [7, 11) is 0. The van der Waals surface area contributed by atoms with E-state index in [1.807, 2.05) is 36.5 Å². The third kappa shape index (κ3) is 4.42. The van der Waals surface area contributed by atoms with Gasteiger partial charge in [-0.3, -0.25) is 4.98 Å². The molecule has 1 aromatic carbocycles. The molecule has 0 bridgehead atoms. The lowest BCUT2D eigenvalue weighted by molar-refractivity contribution is 0.192. The summed E-state index contributed by atoms with van der Waals surface area (Å²) in [6.45, 7) is 6.90. The molecule has 1 fully saturated rings. The first-order valence-corrected chi connectivity index (χ1v) is 9.93. The Morgan fingerprint density at radius 1 is 1.07 bits per heavy atom. The van der Waals surface area contributed by atoms with E-state index in [9.17, 15) is 0 Å². The highest BCUT2D eigenvalue weighted by Crippen LogP contribution is 2.24. The second kappa shape index (κ2) is 8.44. The highest BCUT2D eigenvalue weighted by molar-refractivity contribution is 5.90. The number of likely N-dealkylation sites (tertiary alicyclic amines) is 1. The van der Waals surface area contributed by atoms with E-state index in [1.54, 1.807) is 6.20 Å². The van der Waals surface area contributed by atoms with Gasteiger partial charge in [-0.25, -0.2) is 9.97 Å². The largest absolute Gasteiger partial charge is 0.369 e. The molecule has 1 N–H and O–H groups in total. The zero-order chi connectivity index (χ0) is 18.5. The number of anilines is 1. The van der Waals surface area contributed by atoms with Gasteiger partial charge in [-0.2, -0.15) is 0 Å². The Morgan fingerprint density at radius 3 is 2.74 bits per heavy atom. The maximum absolute atomic E-state index is 4.79. The van der Waals surface area contributed by atoms with Gasteiger partial charge in [-0.1, -0.05) is 19.1 Å². The van der Waals surface area contributed by atoms with Gasteiger partial charge in [0, 0.05) is 29.9 Å². The maximum Gasteiger partial charge on any atom is 0.163 e. The van der Waals surface area contributed by atoms with Crippen LogP contribution in [-0.4, -0.2) is 46.0 Å². The quantitative estimate of drug-likeness (QED) is 0.666. The highest BCUT2D eigenvalue weighted by Gasteiger charge is 2.15. The number of pyridine rings is 1. The first-order valence-electron chi connectivity index (χ1n) is 9.93. The molecule has 0 amide bonds. The second-order valence-electron chi connectivity index (χ2n) is 7.46. The third-order valence-electron chi connectivity index (χ3n) is 5.34. The van der Waals surface area contributed by atoms with E-state index in [-0.39, 0.29) is 0 Å². The Balaban J connectivity index is 1.45. The van der Waals surface area contributed by atoms with Crippen molar-refractivity contribution in [2.24, 2.45) is 5.92 Å². The van der Waals surface area contributed by atoms with Crippen molar-refractivity contribution in [1.29, 1.82) is 0 Å². The van der Waals surface area contributed by atoms with Crippen molar-refractivity contribution in [3.05, 3.63) is 48.8 Å². The lowest BCUT2D eigenvalue weighted by Crippen LogP contribution is -2.34. The minimum Gasteiger partial charge on any atom is -0.369 e. The number of rotatable bonds is 6. The molecule has 0 radical (unpaired) electrons. The summed E-state index contributed by atoms with van der Waals surface area (Å²) in [6, 6.07) is 12.1. The lowest BCUT2D eigenvalue weighted by Gasteiger charge is -2.30. The van der Waals surface area contributed by atoms with Crippen LogP contribution in [0.3, 0.4) is 0 Å². The molecular weight excluding hydrogens is 334 g/mol. The Morgan fingerprint density at radius 2 is 1.93 bits per heavy atom. The van der Waals surface area contributed by atoms with E-state index < -0.39 is 0 Å². The average Bonchev–Trinajstić information content (AvgIpc) is 2.73. The second-order valence-corrected chi connectivity index (χ2v) is 7.46. The zero-order valence-electron chi connectivity index (χ0n) is 15.9. The molecule has 0 spiro atoms. The molecule has 0 saturated carbocycles. The van der Waals surface area contributed by atoms with Crippen molar-refractivity contribution in [2.75, 3.05) is 31.5 Å². The van der Waals surface area contributed by atoms with Gasteiger partial charge in [0.25, 0.3) is 0 Å². The number of para-hydroxylation sites is 1. The van der Waals surface area contributed by atoms with Crippen LogP contribution in [0.1, 0.15) is 26.2 Å². The maximum atomic E-state index is 4.79. The molecule has 27 heavy (non-hydrogen) atoms. The fourth-order valence-corrected chi connectivity index (χ4v) is 3.63. The molecule has 1 saturated heterocycles. The number of nitrogens with one attached hydrogen (secondary N) is 1. The SMILES string of the molecule is CC1CCN(CCCNc2nc(-c3cccnc3)nc3ccccc23)CC1. The number of nitrogens with zero attached hydrogens (tertiary/aromatic N) is 4. The van der Waals surface area contributed by atoms with E-state index in [4.69, 9.17) is 9.97 Å². The number of hydrogen-bond donors (Lipinski definition) is 1. The molecule has 140 valence electrons. The van der Waals surface area contributed by atoms with Gasteiger partial charge in [0.05, 0.1) is 5.52 Å². The topological polar surface area (TPSA) is 53.9 Å². The molecule has 5 heteroatoms. The van der Waals surface area contributed by atoms with Crippen LogP contribution in [0.25, 0.3) is 22.3 Å². The van der Waals surface area contributed by atoms with Gasteiger partial charge in [0.2, 0.25) is 0 Å². The van der Waals surface area contributed by atoms with Gasteiger partial charge < -0.3 is 10.2 Å². The van der Waals surface area contributed by atoms with Crippen LogP contribution in [0.15, 0.2) is 48.8 Å². The molecule has 4 rings (SSSR count). The van der Waals surface area contributed by atoms with Gasteiger partial charge >= 0.3 is 0 Å². The molecule has 3 aromatic rings. The molecule has 3 heterocycles. The van der Waals surface area contributed by atoms with Crippen molar-refractivity contribution in [3.8, 4) is 11.4 Å². The van der Waals surface area contributed by atoms with Crippen LogP contribution in [0.5, 0.6) is 0 Å². The van der Waals surface area contributed by atoms with Gasteiger partial charge in [0.15, 0.2) is 5.82 Å². The first kappa shape index (κ1) is 17.9. The van der Waals surface area contributed by atoms with Crippen molar-refractivity contribution in [1.82, 2.24) is 19.9 Å².